The van der Waals surface area contributed by atoms with Gasteiger partial charge in [-0.25, -0.2) is 10.4 Å². The van der Waals surface area contributed by atoms with Crippen LogP contribution in [0.15, 0.2) is 0 Å². The van der Waals surface area contributed by atoms with Crippen molar-refractivity contribution in [3.63, 3.8) is 0 Å². The van der Waals surface area contributed by atoms with E-state index in [0.717, 1.165) is 0 Å². The van der Waals surface area contributed by atoms with Crippen LogP contribution in [0.25, 0.3) is 0 Å². The fourth-order valence-electron chi connectivity index (χ4n) is 1.85. The van der Waals surface area contributed by atoms with Crippen LogP contribution in [0.4, 0.5) is 0 Å². The van der Waals surface area contributed by atoms with Gasteiger partial charge < -0.3 is 0 Å². The molecule has 1 heterocycles. The average Bonchev–Trinajstić information content (AvgIpc) is 2.63. The van der Waals surface area contributed by atoms with E-state index >= 15 is 0 Å². The first-order valence-corrected chi connectivity index (χ1v) is 6.13. The largest absolute Gasteiger partial charge is 0.240 e. The molecule has 1 aliphatic heterocycles. The van der Waals surface area contributed by atoms with Crippen molar-refractivity contribution < 1.29 is 0 Å². The van der Waals surface area contributed by atoms with Crippen LogP contribution in [0.3, 0.4) is 0 Å². The molecule has 1 aliphatic rings. The molecule has 0 amide bonds. The molecule has 1 rings (SSSR count). The van der Waals surface area contributed by atoms with Gasteiger partial charge in [0, 0.05) is 19.1 Å². The van der Waals surface area contributed by atoms with Gasteiger partial charge in [-0.05, 0) is 12.8 Å². The van der Waals surface area contributed by atoms with E-state index in [0.29, 0.717) is 6.04 Å². The van der Waals surface area contributed by atoms with Crippen LogP contribution in [0, 0.1) is 0 Å². The minimum absolute atomic E-state index is 0.663. The van der Waals surface area contributed by atoms with E-state index in [2.05, 4.69) is 29.8 Å². The molecule has 14 heavy (non-hydrogen) atoms. The summed E-state index contributed by atoms with van der Waals surface area (Å²) in [5.74, 6) is 0. The Morgan fingerprint density at radius 1 is 1.14 bits per heavy atom. The zero-order chi connectivity index (χ0) is 10.2. The summed E-state index contributed by atoms with van der Waals surface area (Å²) in [6, 6.07) is 0.663. The molecule has 0 aliphatic carbocycles. The van der Waals surface area contributed by atoms with E-state index in [1.54, 1.807) is 0 Å². The van der Waals surface area contributed by atoms with Gasteiger partial charge in [-0.3, -0.25) is 0 Å². The number of nitrogens with one attached hydrogen (secondary N) is 2. The maximum atomic E-state index is 3.34. The van der Waals surface area contributed by atoms with E-state index in [1.165, 1.54) is 51.6 Å². The van der Waals surface area contributed by atoms with Crippen LogP contribution in [0.1, 0.15) is 52.4 Å². The van der Waals surface area contributed by atoms with Gasteiger partial charge >= 0.3 is 0 Å². The minimum atomic E-state index is 0.663. The van der Waals surface area contributed by atoms with Gasteiger partial charge in [0.05, 0.1) is 0 Å². The Labute approximate surface area is 88.2 Å². The van der Waals surface area contributed by atoms with E-state index in [9.17, 15) is 0 Å². The van der Waals surface area contributed by atoms with Crippen molar-refractivity contribution in [1.82, 2.24) is 16.0 Å². The smallest absolute Gasteiger partial charge is 0.0368 e. The molecular formula is C11H25N3. The van der Waals surface area contributed by atoms with Crippen LogP contribution in [0.2, 0.25) is 0 Å². The van der Waals surface area contributed by atoms with E-state index in [-0.39, 0.29) is 0 Å². The Kier molecular flexibility index (Phi) is 6.15. The van der Waals surface area contributed by atoms with Crippen LogP contribution in [-0.4, -0.2) is 24.1 Å². The number of hydrazine groups is 2. The molecule has 1 saturated heterocycles. The molecule has 1 fully saturated rings. The van der Waals surface area contributed by atoms with Crippen LogP contribution in [-0.2, 0) is 0 Å². The summed E-state index contributed by atoms with van der Waals surface area (Å²) in [7, 11) is 0. The fourth-order valence-corrected chi connectivity index (χ4v) is 1.85. The fraction of sp³-hybridized carbons (Fsp3) is 1.00. The number of rotatable bonds is 7. The highest BCUT2D eigenvalue weighted by Gasteiger charge is 2.19. The summed E-state index contributed by atoms with van der Waals surface area (Å²) in [4.78, 5) is 0. The molecule has 0 aromatic carbocycles. The lowest BCUT2D eigenvalue weighted by atomic mass is 10.1. The summed E-state index contributed by atoms with van der Waals surface area (Å²) in [5.41, 5.74) is 6.60. The molecule has 2 N–H and O–H groups in total. The van der Waals surface area contributed by atoms with Crippen molar-refractivity contribution in [3.8, 4) is 0 Å². The normalized spacial score (nSPS) is 23.1. The SMILES string of the molecule is CCCCCN1CC(CCCC)NN1. The first-order valence-electron chi connectivity index (χ1n) is 6.13. The van der Waals surface area contributed by atoms with Crippen molar-refractivity contribution in [2.24, 2.45) is 0 Å². The highest BCUT2D eigenvalue weighted by Crippen LogP contribution is 2.06. The predicted molar refractivity (Wildman–Crippen MR) is 60.7 cm³/mol. The summed E-state index contributed by atoms with van der Waals surface area (Å²) < 4.78 is 0. The van der Waals surface area contributed by atoms with Gasteiger partial charge in [-0.1, -0.05) is 39.5 Å². The van der Waals surface area contributed by atoms with Crippen molar-refractivity contribution in [2.75, 3.05) is 13.1 Å². The zero-order valence-corrected chi connectivity index (χ0v) is 9.68. The molecule has 84 valence electrons. The Morgan fingerprint density at radius 2 is 1.93 bits per heavy atom. The number of hydrogen-bond donors (Lipinski definition) is 2. The average molecular weight is 199 g/mol. The van der Waals surface area contributed by atoms with Gasteiger partial charge in [0.25, 0.3) is 0 Å². The second kappa shape index (κ2) is 7.21. The maximum absolute atomic E-state index is 3.34. The quantitative estimate of drug-likeness (QED) is 0.615. The lowest BCUT2D eigenvalue weighted by Gasteiger charge is -2.13. The molecule has 1 unspecified atom stereocenters. The van der Waals surface area contributed by atoms with Crippen molar-refractivity contribution in [2.45, 2.75) is 58.4 Å². The highest BCUT2D eigenvalue weighted by atomic mass is 15.7. The highest BCUT2D eigenvalue weighted by molar-refractivity contribution is 4.73. The van der Waals surface area contributed by atoms with Crippen molar-refractivity contribution in [1.29, 1.82) is 0 Å². The second-order valence-electron chi connectivity index (χ2n) is 4.25. The van der Waals surface area contributed by atoms with Gasteiger partial charge in [0.1, 0.15) is 0 Å². The zero-order valence-electron chi connectivity index (χ0n) is 9.68. The first kappa shape index (κ1) is 12.0. The number of hydrogen-bond acceptors (Lipinski definition) is 3. The van der Waals surface area contributed by atoms with E-state index < -0.39 is 0 Å². The number of nitrogens with zero attached hydrogens (tertiary/aromatic N) is 1. The molecule has 0 radical (unpaired) electrons. The molecule has 3 nitrogen and oxygen atoms in total. The van der Waals surface area contributed by atoms with Gasteiger partial charge in [0.15, 0.2) is 0 Å². The minimum Gasteiger partial charge on any atom is -0.240 e. The topological polar surface area (TPSA) is 27.3 Å². The standard InChI is InChI=1S/C11H25N3/c1-3-5-7-9-14-10-11(12-13-14)8-6-4-2/h11-13H,3-10H2,1-2H3. The third-order valence-corrected chi connectivity index (χ3v) is 2.81. The lowest BCUT2D eigenvalue weighted by Crippen LogP contribution is -2.37. The van der Waals surface area contributed by atoms with Gasteiger partial charge in [-0.15, -0.1) is 0 Å². The number of unbranched alkanes of at least 4 members (excludes halogenated alkanes) is 3. The molecule has 0 aromatic rings. The summed E-state index contributed by atoms with van der Waals surface area (Å²) >= 11 is 0. The predicted octanol–water partition coefficient (Wildman–Crippen LogP) is 2.06. The Hall–Kier alpha value is -0.120. The molecule has 0 aromatic heterocycles. The maximum Gasteiger partial charge on any atom is 0.0368 e. The summed E-state index contributed by atoms with van der Waals surface area (Å²) in [6.45, 7) is 6.86. The third kappa shape index (κ3) is 4.40. The molecule has 0 spiro atoms. The Bertz CT molecular complexity index is 138. The third-order valence-electron chi connectivity index (χ3n) is 2.81. The van der Waals surface area contributed by atoms with Crippen LogP contribution >= 0.6 is 0 Å². The van der Waals surface area contributed by atoms with Crippen LogP contribution in [0.5, 0.6) is 0 Å². The molecule has 1 atom stereocenters. The summed E-state index contributed by atoms with van der Waals surface area (Å²) in [6.07, 6.45) is 7.90. The van der Waals surface area contributed by atoms with Crippen LogP contribution < -0.4 is 11.0 Å². The molecule has 0 bridgehead atoms. The monoisotopic (exact) mass is 199 g/mol. The molecular weight excluding hydrogens is 174 g/mol. The first-order chi connectivity index (χ1) is 6.86. The Morgan fingerprint density at radius 3 is 2.64 bits per heavy atom. The summed E-state index contributed by atoms with van der Waals surface area (Å²) in [5, 5.41) is 2.32. The van der Waals surface area contributed by atoms with E-state index in [4.69, 9.17) is 0 Å². The van der Waals surface area contributed by atoms with Crippen molar-refractivity contribution in [3.05, 3.63) is 0 Å². The second-order valence-corrected chi connectivity index (χ2v) is 4.25. The van der Waals surface area contributed by atoms with Gasteiger partial charge in [-0.2, -0.15) is 5.53 Å². The Balaban J connectivity index is 2.02. The van der Waals surface area contributed by atoms with E-state index in [1.807, 2.05) is 0 Å². The van der Waals surface area contributed by atoms with Crippen molar-refractivity contribution >= 4 is 0 Å². The molecule has 0 saturated carbocycles. The van der Waals surface area contributed by atoms with Gasteiger partial charge in [0.2, 0.25) is 0 Å². The lowest BCUT2D eigenvalue weighted by molar-refractivity contribution is 0.228. The molecule has 3 heteroatoms.